The van der Waals surface area contributed by atoms with E-state index in [-0.39, 0.29) is 11.6 Å². The van der Waals surface area contributed by atoms with Crippen LogP contribution in [0.5, 0.6) is 5.75 Å². The summed E-state index contributed by atoms with van der Waals surface area (Å²) in [7, 11) is 0. The van der Waals surface area contributed by atoms with Crippen LogP contribution in [-0.2, 0) is 0 Å². The molecule has 3 nitrogen and oxygen atoms in total. The third-order valence-corrected chi connectivity index (χ3v) is 3.22. The first-order chi connectivity index (χ1) is 10.1. The summed E-state index contributed by atoms with van der Waals surface area (Å²) in [6.07, 6.45) is 0. The fourth-order valence-corrected chi connectivity index (χ4v) is 2.14. The number of ketones is 2. The molecule has 1 aromatic carbocycles. The Morgan fingerprint density at radius 2 is 1.04 bits per heavy atom. The van der Waals surface area contributed by atoms with Crippen molar-refractivity contribution in [2.45, 2.75) is 67.9 Å². The Labute approximate surface area is 140 Å². The lowest BCUT2D eigenvalue weighted by Gasteiger charge is -2.24. The normalized spacial score (nSPS) is 12.9. The Bertz CT molecular complexity index is 561. The van der Waals surface area contributed by atoms with Gasteiger partial charge in [0.05, 0.1) is 0 Å². The number of hydrogen-bond acceptors (Lipinski definition) is 3. The summed E-state index contributed by atoms with van der Waals surface area (Å²) in [5, 5.41) is 0. The van der Waals surface area contributed by atoms with Crippen LogP contribution in [0.25, 0.3) is 0 Å². The highest BCUT2D eigenvalue weighted by molar-refractivity contribution is 6.05. The molecule has 0 aliphatic heterocycles. The van der Waals surface area contributed by atoms with Gasteiger partial charge in [-0.25, -0.2) is 0 Å². The van der Waals surface area contributed by atoms with Crippen LogP contribution in [0.15, 0.2) is 18.2 Å². The molecular weight excluding hydrogens is 288 g/mol. The number of rotatable bonds is 3. The molecule has 1 aromatic rings. The van der Waals surface area contributed by atoms with E-state index in [2.05, 4.69) is 0 Å². The molecule has 0 atom stereocenters. The second kappa shape index (κ2) is 6.10. The number of ether oxygens (including phenoxy) is 1. The SMILES string of the molecule is CC(C)(C)Oc1cc(C(=O)C(C)(C)C)cc(C(=O)C(C)(C)C)c1. The van der Waals surface area contributed by atoms with Gasteiger partial charge in [-0.05, 0) is 39.0 Å². The fourth-order valence-electron chi connectivity index (χ4n) is 2.14. The highest BCUT2D eigenvalue weighted by Crippen LogP contribution is 2.30. The lowest BCUT2D eigenvalue weighted by molar-refractivity contribution is 0.0851. The fraction of sp³-hybridized carbons (Fsp3) is 0.600. The van der Waals surface area contributed by atoms with Gasteiger partial charge in [0.1, 0.15) is 11.4 Å². The summed E-state index contributed by atoms with van der Waals surface area (Å²) in [5.41, 5.74) is -0.380. The molecule has 0 aliphatic carbocycles. The highest BCUT2D eigenvalue weighted by Gasteiger charge is 2.28. The average Bonchev–Trinajstić information content (AvgIpc) is 2.32. The number of hydrogen-bond donors (Lipinski definition) is 0. The lowest BCUT2D eigenvalue weighted by Crippen LogP contribution is -2.25. The summed E-state index contributed by atoms with van der Waals surface area (Å²) in [6.45, 7) is 17.1. The molecular formula is C20H30O3. The van der Waals surface area contributed by atoms with E-state index in [9.17, 15) is 9.59 Å². The monoisotopic (exact) mass is 318 g/mol. The van der Waals surface area contributed by atoms with Crippen LogP contribution in [0, 0.1) is 10.8 Å². The summed E-state index contributed by atoms with van der Waals surface area (Å²) in [6, 6.07) is 5.16. The molecule has 0 unspecified atom stereocenters. The van der Waals surface area contributed by atoms with Crippen LogP contribution in [0.4, 0.5) is 0 Å². The maximum Gasteiger partial charge on any atom is 0.168 e. The van der Waals surface area contributed by atoms with Gasteiger partial charge < -0.3 is 4.74 Å². The topological polar surface area (TPSA) is 43.4 Å². The number of benzene rings is 1. The maximum atomic E-state index is 12.6. The van der Waals surface area contributed by atoms with E-state index in [0.717, 1.165) is 0 Å². The lowest BCUT2D eigenvalue weighted by atomic mass is 9.83. The van der Waals surface area contributed by atoms with E-state index in [1.165, 1.54) is 0 Å². The number of carbonyl (C=O) groups excluding carboxylic acids is 2. The first kappa shape index (κ1) is 19.4. The van der Waals surface area contributed by atoms with Crippen molar-refractivity contribution < 1.29 is 14.3 Å². The van der Waals surface area contributed by atoms with Crippen molar-refractivity contribution in [3.8, 4) is 5.75 Å². The van der Waals surface area contributed by atoms with Crippen LogP contribution in [0.2, 0.25) is 0 Å². The van der Waals surface area contributed by atoms with Gasteiger partial charge in [-0.3, -0.25) is 9.59 Å². The molecule has 0 fully saturated rings. The van der Waals surface area contributed by atoms with Crippen molar-refractivity contribution in [3.63, 3.8) is 0 Å². The van der Waals surface area contributed by atoms with Crippen molar-refractivity contribution >= 4 is 11.6 Å². The Morgan fingerprint density at radius 1 is 0.696 bits per heavy atom. The first-order valence-electron chi connectivity index (χ1n) is 8.05. The molecule has 23 heavy (non-hydrogen) atoms. The van der Waals surface area contributed by atoms with Crippen molar-refractivity contribution in [2.75, 3.05) is 0 Å². The zero-order valence-corrected chi connectivity index (χ0v) is 16.0. The summed E-state index contributed by atoms with van der Waals surface area (Å²) >= 11 is 0. The van der Waals surface area contributed by atoms with E-state index >= 15 is 0 Å². The summed E-state index contributed by atoms with van der Waals surface area (Å²) in [4.78, 5) is 25.3. The second-order valence-electron chi connectivity index (χ2n) is 9.12. The molecule has 128 valence electrons. The summed E-state index contributed by atoms with van der Waals surface area (Å²) in [5.74, 6) is 0.555. The maximum absolute atomic E-state index is 12.6. The molecule has 0 saturated heterocycles. The third-order valence-electron chi connectivity index (χ3n) is 3.22. The predicted octanol–water partition coefficient (Wildman–Crippen LogP) is 5.32. The van der Waals surface area contributed by atoms with Gasteiger partial charge >= 0.3 is 0 Å². The van der Waals surface area contributed by atoms with Crippen LogP contribution in [-0.4, -0.2) is 17.2 Å². The van der Waals surface area contributed by atoms with Crippen LogP contribution < -0.4 is 4.74 Å². The molecule has 0 aliphatic rings. The Balaban J connectivity index is 3.45. The van der Waals surface area contributed by atoms with Crippen LogP contribution in [0.3, 0.4) is 0 Å². The van der Waals surface area contributed by atoms with Gasteiger partial charge in [0.25, 0.3) is 0 Å². The Morgan fingerprint density at radius 3 is 1.30 bits per heavy atom. The molecule has 0 bridgehead atoms. The smallest absolute Gasteiger partial charge is 0.168 e. The quantitative estimate of drug-likeness (QED) is 0.708. The Kier molecular flexibility index (Phi) is 5.15. The molecule has 0 aromatic heterocycles. The molecule has 3 heteroatoms. The zero-order chi connectivity index (χ0) is 18.2. The van der Waals surface area contributed by atoms with Crippen LogP contribution >= 0.6 is 0 Å². The number of carbonyl (C=O) groups is 2. The molecule has 0 spiro atoms. The molecule has 0 saturated carbocycles. The predicted molar refractivity (Wildman–Crippen MR) is 94.4 cm³/mol. The number of Topliss-reactive ketones (excluding diaryl/α,β-unsaturated/α-hetero) is 2. The van der Waals surface area contributed by atoms with E-state index in [1.807, 2.05) is 62.3 Å². The van der Waals surface area contributed by atoms with E-state index in [0.29, 0.717) is 16.9 Å². The van der Waals surface area contributed by atoms with Gasteiger partial charge in [-0.1, -0.05) is 41.5 Å². The van der Waals surface area contributed by atoms with Crippen molar-refractivity contribution in [1.29, 1.82) is 0 Å². The van der Waals surface area contributed by atoms with Gasteiger partial charge in [0.15, 0.2) is 11.6 Å². The minimum Gasteiger partial charge on any atom is -0.488 e. The van der Waals surface area contributed by atoms with Crippen molar-refractivity contribution in [1.82, 2.24) is 0 Å². The van der Waals surface area contributed by atoms with Gasteiger partial charge in [-0.2, -0.15) is 0 Å². The van der Waals surface area contributed by atoms with Crippen molar-refractivity contribution in [2.24, 2.45) is 10.8 Å². The molecule has 1 rings (SSSR count). The molecule has 0 amide bonds. The highest BCUT2D eigenvalue weighted by atomic mass is 16.5. The molecule has 0 N–H and O–H groups in total. The van der Waals surface area contributed by atoms with E-state index < -0.39 is 16.4 Å². The first-order valence-corrected chi connectivity index (χ1v) is 8.05. The minimum absolute atomic E-state index is 0.000168. The largest absolute Gasteiger partial charge is 0.488 e. The third kappa shape index (κ3) is 5.49. The van der Waals surface area contributed by atoms with Gasteiger partial charge in [0, 0.05) is 22.0 Å². The zero-order valence-electron chi connectivity index (χ0n) is 16.0. The van der Waals surface area contributed by atoms with E-state index in [4.69, 9.17) is 4.74 Å². The summed E-state index contributed by atoms with van der Waals surface area (Å²) < 4.78 is 5.90. The Hall–Kier alpha value is -1.64. The van der Waals surface area contributed by atoms with E-state index in [1.54, 1.807) is 18.2 Å². The van der Waals surface area contributed by atoms with Crippen LogP contribution in [0.1, 0.15) is 83.0 Å². The molecule has 0 radical (unpaired) electrons. The van der Waals surface area contributed by atoms with Crippen molar-refractivity contribution in [3.05, 3.63) is 29.3 Å². The standard InChI is InChI=1S/C20H30O3/c1-18(2,3)16(21)13-10-14(17(22)19(4,5)6)12-15(11-13)23-20(7,8)9/h10-12H,1-9H3. The van der Waals surface area contributed by atoms with Gasteiger partial charge in [0.2, 0.25) is 0 Å². The minimum atomic E-state index is -0.512. The average molecular weight is 318 g/mol. The second-order valence-corrected chi connectivity index (χ2v) is 9.12. The van der Waals surface area contributed by atoms with Gasteiger partial charge in [-0.15, -0.1) is 0 Å². The molecule has 0 heterocycles.